The number of esters is 1. The third-order valence-electron chi connectivity index (χ3n) is 2.54. The van der Waals surface area contributed by atoms with Crippen molar-refractivity contribution < 1.29 is 23.9 Å². The summed E-state index contributed by atoms with van der Waals surface area (Å²) in [6, 6.07) is 4.54. The third kappa shape index (κ3) is 5.58. The lowest BCUT2D eigenvalue weighted by molar-refractivity contribution is -0.123. The maximum absolute atomic E-state index is 11.7. The molecule has 22 heavy (non-hydrogen) atoms. The summed E-state index contributed by atoms with van der Waals surface area (Å²) in [7, 11) is 2.69. The fourth-order valence-electron chi connectivity index (χ4n) is 1.48. The first-order chi connectivity index (χ1) is 10.0. The highest BCUT2D eigenvalue weighted by molar-refractivity contribution is 6.02. The smallest absolute Gasteiger partial charge is 0.340 e. The van der Waals surface area contributed by atoms with Crippen LogP contribution in [-0.4, -0.2) is 45.1 Å². The largest absolute Gasteiger partial charge is 0.497 e. The minimum Gasteiger partial charge on any atom is -0.497 e. The van der Waals surface area contributed by atoms with E-state index in [4.69, 9.17) is 10.5 Å². The first kappa shape index (κ1) is 19.7. The summed E-state index contributed by atoms with van der Waals surface area (Å²) in [5, 5.41) is 4.83. The van der Waals surface area contributed by atoms with Crippen molar-refractivity contribution in [2.45, 2.75) is 0 Å². The van der Waals surface area contributed by atoms with Crippen LogP contribution in [0, 0.1) is 0 Å². The number of hydrogen-bond acceptors (Lipinski definition) is 6. The molecule has 0 fully saturated rings. The molecule has 0 atom stereocenters. The number of rotatable bonds is 6. The zero-order valence-corrected chi connectivity index (χ0v) is 13.0. The van der Waals surface area contributed by atoms with Gasteiger partial charge in [-0.05, 0) is 18.2 Å². The van der Waals surface area contributed by atoms with Gasteiger partial charge in [0.1, 0.15) is 5.75 Å². The van der Waals surface area contributed by atoms with Crippen LogP contribution < -0.4 is 21.1 Å². The monoisotopic (exact) mass is 331 g/mol. The van der Waals surface area contributed by atoms with Crippen molar-refractivity contribution in [2.24, 2.45) is 5.73 Å². The topological polar surface area (TPSA) is 120 Å². The normalized spacial score (nSPS) is 9.23. The summed E-state index contributed by atoms with van der Waals surface area (Å²) in [6.45, 7) is -0.452. The molecule has 4 N–H and O–H groups in total. The molecule has 0 saturated carbocycles. The van der Waals surface area contributed by atoms with Gasteiger partial charge in [0.05, 0.1) is 38.6 Å². The molecule has 0 unspecified atom stereocenters. The van der Waals surface area contributed by atoms with Gasteiger partial charge in [-0.25, -0.2) is 4.79 Å². The molecule has 1 aromatic carbocycles. The Labute approximate surface area is 133 Å². The second kappa shape index (κ2) is 9.59. The summed E-state index contributed by atoms with van der Waals surface area (Å²) in [6.07, 6.45) is 0. The molecule has 1 rings (SSSR count). The van der Waals surface area contributed by atoms with Gasteiger partial charge < -0.3 is 25.8 Å². The Morgan fingerprint density at radius 1 is 1.18 bits per heavy atom. The van der Waals surface area contributed by atoms with Crippen LogP contribution in [0.5, 0.6) is 5.75 Å². The molecule has 0 saturated heterocycles. The van der Waals surface area contributed by atoms with E-state index in [1.165, 1.54) is 26.4 Å². The first-order valence-corrected chi connectivity index (χ1v) is 6.04. The number of anilines is 1. The average Bonchev–Trinajstić information content (AvgIpc) is 2.52. The van der Waals surface area contributed by atoms with E-state index < -0.39 is 17.8 Å². The summed E-state index contributed by atoms with van der Waals surface area (Å²) in [4.78, 5) is 34.3. The summed E-state index contributed by atoms with van der Waals surface area (Å²) < 4.78 is 9.65. The Morgan fingerprint density at radius 2 is 1.86 bits per heavy atom. The summed E-state index contributed by atoms with van der Waals surface area (Å²) >= 11 is 0. The third-order valence-corrected chi connectivity index (χ3v) is 2.54. The molecular weight excluding hydrogens is 314 g/mol. The number of hydrogen-bond donors (Lipinski definition) is 3. The van der Waals surface area contributed by atoms with Gasteiger partial charge in [0.15, 0.2) is 0 Å². The van der Waals surface area contributed by atoms with Crippen LogP contribution in [0.15, 0.2) is 18.2 Å². The molecule has 0 heterocycles. The van der Waals surface area contributed by atoms with Crippen molar-refractivity contribution in [2.75, 3.05) is 32.6 Å². The lowest BCUT2D eigenvalue weighted by Crippen LogP contribution is -2.36. The second-order valence-electron chi connectivity index (χ2n) is 3.93. The van der Waals surface area contributed by atoms with E-state index in [0.29, 0.717) is 5.75 Å². The maximum Gasteiger partial charge on any atom is 0.340 e. The van der Waals surface area contributed by atoms with Crippen molar-refractivity contribution in [1.82, 2.24) is 5.32 Å². The molecule has 0 aliphatic rings. The van der Waals surface area contributed by atoms with Crippen molar-refractivity contribution >= 4 is 35.9 Å². The van der Waals surface area contributed by atoms with Crippen LogP contribution >= 0.6 is 12.4 Å². The highest BCUT2D eigenvalue weighted by Crippen LogP contribution is 2.22. The molecule has 2 amide bonds. The van der Waals surface area contributed by atoms with E-state index in [2.05, 4.69) is 15.4 Å². The Morgan fingerprint density at radius 3 is 2.41 bits per heavy atom. The van der Waals surface area contributed by atoms with Crippen LogP contribution in [0.25, 0.3) is 0 Å². The van der Waals surface area contributed by atoms with Crippen molar-refractivity contribution in [3.63, 3.8) is 0 Å². The van der Waals surface area contributed by atoms with Gasteiger partial charge in [-0.3, -0.25) is 9.59 Å². The van der Waals surface area contributed by atoms with Gasteiger partial charge >= 0.3 is 5.97 Å². The number of nitrogens with two attached hydrogens (primary N) is 1. The van der Waals surface area contributed by atoms with E-state index in [1.807, 2.05) is 0 Å². The van der Waals surface area contributed by atoms with Gasteiger partial charge in [-0.15, -0.1) is 12.4 Å². The van der Waals surface area contributed by atoms with Crippen LogP contribution in [-0.2, 0) is 14.3 Å². The zero-order chi connectivity index (χ0) is 15.8. The second-order valence-corrected chi connectivity index (χ2v) is 3.93. The molecule has 122 valence electrons. The Bertz CT molecular complexity index is 550. The molecule has 0 aromatic heterocycles. The number of amides is 2. The van der Waals surface area contributed by atoms with Crippen LogP contribution in [0.3, 0.4) is 0 Å². The Balaban J connectivity index is 0.00000441. The number of carbonyl (C=O) groups excluding carboxylic acids is 3. The zero-order valence-electron chi connectivity index (χ0n) is 12.2. The standard InChI is InChI=1S/C13H17N3O5.ClH/c1-20-8-3-4-10(9(5-8)13(19)21-2)16-12(18)7-15-11(17)6-14;/h3-5H,6-7,14H2,1-2H3,(H,15,17)(H,16,18);1H. The molecule has 0 radical (unpaired) electrons. The number of methoxy groups -OCH3 is 2. The van der Waals surface area contributed by atoms with E-state index in [0.717, 1.165) is 0 Å². The van der Waals surface area contributed by atoms with Crippen molar-refractivity contribution in [3.8, 4) is 5.75 Å². The lowest BCUT2D eigenvalue weighted by Gasteiger charge is -2.11. The molecule has 8 nitrogen and oxygen atoms in total. The molecule has 0 bridgehead atoms. The number of halogens is 1. The number of benzene rings is 1. The lowest BCUT2D eigenvalue weighted by atomic mass is 10.1. The van der Waals surface area contributed by atoms with Gasteiger partial charge in [0.25, 0.3) is 0 Å². The minimum absolute atomic E-state index is 0. The summed E-state index contributed by atoms with van der Waals surface area (Å²) in [5.41, 5.74) is 5.51. The molecule has 1 aromatic rings. The number of carbonyl (C=O) groups is 3. The van der Waals surface area contributed by atoms with E-state index in [-0.39, 0.29) is 36.7 Å². The molecule has 0 aliphatic carbocycles. The summed E-state index contributed by atoms with van der Waals surface area (Å²) in [5.74, 6) is -1.11. The SMILES string of the molecule is COC(=O)c1cc(OC)ccc1NC(=O)CNC(=O)CN.Cl. The molecular formula is C13H18ClN3O5. The molecule has 0 aliphatic heterocycles. The van der Waals surface area contributed by atoms with Crippen LogP contribution in [0.1, 0.15) is 10.4 Å². The minimum atomic E-state index is -0.616. The van der Waals surface area contributed by atoms with E-state index in [9.17, 15) is 14.4 Å². The van der Waals surface area contributed by atoms with E-state index in [1.54, 1.807) is 6.07 Å². The van der Waals surface area contributed by atoms with Gasteiger partial charge in [-0.2, -0.15) is 0 Å². The van der Waals surface area contributed by atoms with Crippen molar-refractivity contribution in [1.29, 1.82) is 0 Å². The Kier molecular flexibility index (Phi) is 8.58. The first-order valence-electron chi connectivity index (χ1n) is 6.04. The Hall–Kier alpha value is -2.32. The maximum atomic E-state index is 11.7. The van der Waals surface area contributed by atoms with Gasteiger partial charge in [0.2, 0.25) is 11.8 Å². The fraction of sp³-hybridized carbons (Fsp3) is 0.308. The molecule has 9 heteroatoms. The number of ether oxygens (including phenoxy) is 2. The van der Waals surface area contributed by atoms with Crippen LogP contribution in [0.2, 0.25) is 0 Å². The molecule has 0 spiro atoms. The van der Waals surface area contributed by atoms with Crippen LogP contribution in [0.4, 0.5) is 5.69 Å². The fourth-order valence-corrected chi connectivity index (χ4v) is 1.48. The van der Waals surface area contributed by atoms with E-state index >= 15 is 0 Å². The predicted molar refractivity (Wildman–Crippen MR) is 82.3 cm³/mol. The van der Waals surface area contributed by atoms with Gasteiger partial charge in [0, 0.05) is 0 Å². The predicted octanol–water partition coefficient (Wildman–Crippen LogP) is -0.0830. The highest BCUT2D eigenvalue weighted by Gasteiger charge is 2.15. The van der Waals surface area contributed by atoms with Crippen molar-refractivity contribution in [3.05, 3.63) is 23.8 Å². The average molecular weight is 332 g/mol. The highest BCUT2D eigenvalue weighted by atomic mass is 35.5. The quantitative estimate of drug-likeness (QED) is 0.627. The number of nitrogens with one attached hydrogen (secondary N) is 2. The van der Waals surface area contributed by atoms with Gasteiger partial charge in [-0.1, -0.05) is 0 Å².